The maximum atomic E-state index is 11.6. The van der Waals surface area contributed by atoms with Crippen LogP contribution in [0.5, 0.6) is 5.75 Å². The third-order valence-corrected chi connectivity index (χ3v) is 7.44. The van der Waals surface area contributed by atoms with Gasteiger partial charge < -0.3 is 19.6 Å². The Balaban J connectivity index is 1.64. The molecule has 1 aromatic carbocycles. The van der Waals surface area contributed by atoms with Crippen molar-refractivity contribution in [2.75, 3.05) is 45.9 Å². The molecule has 0 spiro atoms. The highest BCUT2D eigenvalue weighted by Gasteiger charge is 2.47. The van der Waals surface area contributed by atoms with Gasteiger partial charge in [-0.15, -0.1) is 0 Å². The van der Waals surface area contributed by atoms with Gasteiger partial charge in [-0.1, -0.05) is 28.8 Å². The van der Waals surface area contributed by atoms with Crippen LogP contribution in [0.1, 0.15) is 50.2 Å². The van der Waals surface area contributed by atoms with Crippen molar-refractivity contribution in [1.82, 2.24) is 9.80 Å². The first-order valence-electron chi connectivity index (χ1n) is 10.3. The van der Waals surface area contributed by atoms with Crippen LogP contribution in [0, 0.1) is 5.41 Å². The number of likely N-dealkylation sites (tertiary alicyclic amines) is 2. The first-order valence-corrected chi connectivity index (χ1v) is 11.9. The number of aliphatic hydroxyl groups is 1. The third kappa shape index (κ3) is 4.40. The predicted octanol–water partition coefficient (Wildman–Crippen LogP) is 4.60. The van der Waals surface area contributed by atoms with Crippen molar-refractivity contribution in [3.05, 3.63) is 26.6 Å². The molecular formula is C21H30Br2N2O2. The van der Waals surface area contributed by atoms with Gasteiger partial charge >= 0.3 is 0 Å². The van der Waals surface area contributed by atoms with Gasteiger partial charge in [0.05, 0.1) is 22.6 Å². The summed E-state index contributed by atoms with van der Waals surface area (Å²) in [4.78, 5) is 5.11. The number of hydrogen-bond donors (Lipinski definition) is 1. The van der Waals surface area contributed by atoms with Crippen LogP contribution in [0.2, 0.25) is 0 Å². The van der Waals surface area contributed by atoms with E-state index in [9.17, 15) is 5.11 Å². The number of fused-ring (bicyclic) bond motifs is 1. The summed E-state index contributed by atoms with van der Waals surface area (Å²) in [6.07, 6.45) is 7.22. The lowest BCUT2D eigenvalue weighted by molar-refractivity contribution is -0.0750. The zero-order valence-electron chi connectivity index (χ0n) is 15.9. The van der Waals surface area contributed by atoms with E-state index in [-0.39, 0.29) is 5.41 Å². The smallest absolute Gasteiger partial charge is 0.139 e. The van der Waals surface area contributed by atoms with E-state index >= 15 is 0 Å². The maximum absolute atomic E-state index is 11.6. The van der Waals surface area contributed by atoms with Crippen molar-refractivity contribution >= 4 is 31.9 Å². The number of benzene rings is 1. The molecular weight excluding hydrogens is 472 g/mol. The fourth-order valence-electron chi connectivity index (χ4n) is 5.00. The minimum Gasteiger partial charge on any atom is -0.491 e. The fraction of sp³-hybridized carbons (Fsp3) is 0.714. The van der Waals surface area contributed by atoms with Crippen LogP contribution in [-0.4, -0.2) is 60.8 Å². The molecule has 3 aliphatic rings. The summed E-state index contributed by atoms with van der Waals surface area (Å²) < 4.78 is 8.18. The molecule has 1 unspecified atom stereocenters. The molecule has 0 radical (unpaired) electrons. The number of nitrogens with zero attached hydrogens (tertiary/aromatic N) is 2. The Morgan fingerprint density at radius 1 is 0.926 bits per heavy atom. The number of piperidine rings is 2. The van der Waals surface area contributed by atoms with Crippen LogP contribution in [0.3, 0.4) is 0 Å². The lowest BCUT2D eigenvalue weighted by Crippen LogP contribution is -2.55. The SMILES string of the molecule is OC1c2cc(Br)cc(Br)c2OCC1(CN1CCCCC1)CN1CCCCC1. The van der Waals surface area contributed by atoms with Crippen LogP contribution >= 0.6 is 31.9 Å². The van der Waals surface area contributed by atoms with Gasteiger partial charge in [-0.05, 0) is 79.9 Å². The number of rotatable bonds is 4. The minimum atomic E-state index is -0.515. The molecule has 0 saturated carbocycles. The van der Waals surface area contributed by atoms with Gasteiger partial charge in [0.2, 0.25) is 0 Å². The van der Waals surface area contributed by atoms with Crippen LogP contribution < -0.4 is 4.74 Å². The van der Waals surface area contributed by atoms with Gasteiger partial charge in [0.15, 0.2) is 0 Å². The monoisotopic (exact) mass is 500 g/mol. The van der Waals surface area contributed by atoms with E-state index in [1.807, 2.05) is 12.1 Å². The molecule has 1 atom stereocenters. The Bertz CT molecular complexity index is 638. The molecule has 4 nitrogen and oxygen atoms in total. The van der Waals surface area contributed by atoms with Crippen LogP contribution in [0.4, 0.5) is 0 Å². The maximum Gasteiger partial charge on any atom is 0.139 e. The van der Waals surface area contributed by atoms with Crippen molar-refractivity contribution < 1.29 is 9.84 Å². The van der Waals surface area contributed by atoms with Crippen LogP contribution in [0.25, 0.3) is 0 Å². The molecule has 2 saturated heterocycles. The molecule has 1 N–H and O–H groups in total. The molecule has 0 aliphatic carbocycles. The Morgan fingerprint density at radius 2 is 1.48 bits per heavy atom. The molecule has 6 heteroatoms. The molecule has 0 bridgehead atoms. The normalized spacial score (nSPS) is 26.4. The van der Waals surface area contributed by atoms with E-state index in [2.05, 4.69) is 41.7 Å². The molecule has 4 rings (SSSR count). The molecule has 27 heavy (non-hydrogen) atoms. The predicted molar refractivity (Wildman–Crippen MR) is 115 cm³/mol. The zero-order valence-corrected chi connectivity index (χ0v) is 19.1. The Morgan fingerprint density at radius 3 is 2.04 bits per heavy atom. The highest BCUT2D eigenvalue weighted by atomic mass is 79.9. The summed E-state index contributed by atoms with van der Waals surface area (Å²) in [6, 6.07) is 4.03. The Labute approximate surface area is 179 Å². The summed E-state index contributed by atoms with van der Waals surface area (Å²) in [5.41, 5.74) is 0.638. The van der Waals surface area contributed by atoms with Crippen LogP contribution in [0.15, 0.2) is 21.1 Å². The van der Waals surface area contributed by atoms with Crippen molar-refractivity contribution in [2.24, 2.45) is 5.41 Å². The summed E-state index contributed by atoms with van der Waals surface area (Å²) in [7, 11) is 0. The van der Waals surface area contributed by atoms with Crippen molar-refractivity contribution in [3.8, 4) is 5.75 Å². The van der Waals surface area contributed by atoms with Gasteiger partial charge in [-0.3, -0.25) is 0 Å². The van der Waals surface area contributed by atoms with E-state index in [0.717, 1.165) is 59.5 Å². The molecule has 1 aromatic rings. The minimum absolute atomic E-state index is 0.276. The Hall–Kier alpha value is -0.140. The van der Waals surface area contributed by atoms with Crippen LogP contribution in [-0.2, 0) is 0 Å². The summed E-state index contributed by atoms with van der Waals surface area (Å²) in [6.45, 7) is 6.97. The van der Waals surface area contributed by atoms with E-state index in [1.54, 1.807) is 0 Å². The molecule has 0 amide bonds. The second-order valence-electron chi connectivity index (χ2n) is 8.53. The second kappa shape index (κ2) is 8.70. The lowest BCUT2D eigenvalue weighted by Gasteiger charge is -2.48. The summed E-state index contributed by atoms with van der Waals surface area (Å²) in [5.74, 6) is 0.804. The van der Waals surface area contributed by atoms with Gasteiger partial charge in [0.1, 0.15) is 5.75 Å². The Kier molecular flexibility index (Phi) is 6.49. The standard InChI is InChI=1S/C21H30Br2N2O2/c22-16-11-17-19(18(23)12-16)27-15-21(20(17)26,13-24-7-3-1-4-8-24)14-25-9-5-2-6-10-25/h11-12,20,26H,1-10,13-15H2. The quantitative estimate of drug-likeness (QED) is 0.654. The highest BCUT2D eigenvalue weighted by molar-refractivity contribution is 9.11. The van der Waals surface area contributed by atoms with E-state index in [0.29, 0.717) is 6.61 Å². The van der Waals surface area contributed by atoms with Gasteiger partial charge in [-0.2, -0.15) is 0 Å². The lowest BCUT2D eigenvalue weighted by atomic mass is 9.76. The van der Waals surface area contributed by atoms with E-state index in [4.69, 9.17) is 4.74 Å². The summed E-state index contributed by atoms with van der Waals surface area (Å²) >= 11 is 7.19. The first kappa shape index (κ1) is 20.1. The van der Waals surface area contributed by atoms with Crippen molar-refractivity contribution in [1.29, 1.82) is 0 Å². The topological polar surface area (TPSA) is 35.9 Å². The average Bonchev–Trinajstić information content (AvgIpc) is 2.67. The van der Waals surface area contributed by atoms with E-state index < -0.39 is 6.10 Å². The molecule has 2 fully saturated rings. The van der Waals surface area contributed by atoms with Gasteiger partial charge in [-0.25, -0.2) is 0 Å². The van der Waals surface area contributed by atoms with Gasteiger partial charge in [0, 0.05) is 23.1 Å². The number of aliphatic hydroxyl groups excluding tert-OH is 1. The third-order valence-electron chi connectivity index (χ3n) is 6.39. The summed E-state index contributed by atoms with van der Waals surface area (Å²) in [5, 5.41) is 11.6. The largest absolute Gasteiger partial charge is 0.491 e. The zero-order chi connectivity index (χ0) is 18.9. The second-order valence-corrected chi connectivity index (χ2v) is 10.3. The van der Waals surface area contributed by atoms with Crippen molar-refractivity contribution in [3.63, 3.8) is 0 Å². The average molecular weight is 502 g/mol. The van der Waals surface area contributed by atoms with Crippen molar-refractivity contribution in [2.45, 2.75) is 44.6 Å². The van der Waals surface area contributed by atoms with E-state index in [1.165, 1.54) is 38.5 Å². The molecule has 3 aliphatic heterocycles. The van der Waals surface area contributed by atoms with Gasteiger partial charge in [0.25, 0.3) is 0 Å². The fourth-order valence-corrected chi connectivity index (χ4v) is 6.37. The number of halogens is 2. The number of ether oxygens (including phenoxy) is 1. The molecule has 3 heterocycles. The molecule has 0 aromatic heterocycles. The number of hydrogen-bond acceptors (Lipinski definition) is 4. The first-order chi connectivity index (χ1) is 13.1. The highest BCUT2D eigenvalue weighted by Crippen LogP contribution is 2.48. The molecule has 150 valence electrons.